The second-order valence-electron chi connectivity index (χ2n) is 5.96. The maximum atomic E-state index is 12.3. The third-order valence-electron chi connectivity index (χ3n) is 3.81. The lowest BCUT2D eigenvalue weighted by Crippen LogP contribution is -2.31. The Bertz CT molecular complexity index is 967. The quantitative estimate of drug-likeness (QED) is 0.525. The summed E-state index contributed by atoms with van der Waals surface area (Å²) in [6.07, 6.45) is 1.77. The van der Waals surface area contributed by atoms with Gasteiger partial charge in [0.05, 0.1) is 9.38 Å². The molecule has 0 saturated carbocycles. The lowest BCUT2D eigenvalue weighted by Gasteiger charge is -2.15. The van der Waals surface area contributed by atoms with Gasteiger partial charge in [-0.1, -0.05) is 29.4 Å². The molecule has 0 radical (unpaired) electrons. The number of carboxylic acids is 1. The molecule has 28 heavy (non-hydrogen) atoms. The standard InChI is InChI=1S/C19H16BrClN2O4S/c1-10-6-12(21)3-4-14(10)22-19-23-18(26)16(28-19)8-11-2-5-15(13(20)7-11)27-9-17(24)25/h2-8,19,22H,9H2,1H3,(H,23,26)(H,24,25)/b16-8-. The van der Waals surface area contributed by atoms with Crippen LogP contribution in [0.4, 0.5) is 5.69 Å². The van der Waals surface area contributed by atoms with Crippen molar-refractivity contribution >= 4 is 62.9 Å². The Balaban J connectivity index is 1.70. The first kappa shape index (κ1) is 20.6. The zero-order chi connectivity index (χ0) is 20.3. The molecule has 9 heteroatoms. The highest BCUT2D eigenvalue weighted by Gasteiger charge is 2.27. The average Bonchev–Trinajstić information content (AvgIpc) is 2.96. The predicted molar refractivity (Wildman–Crippen MR) is 115 cm³/mol. The lowest BCUT2D eigenvalue weighted by molar-refractivity contribution is -0.139. The molecular weight excluding hydrogens is 468 g/mol. The van der Waals surface area contributed by atoms with Crippen LogP contribution in [0.15, 0.2) is 45.8 Å². The topological polar surface area (TPSA) is 87.7 Å². The van der Waals surface area contributed by atoms with Crippen molar-refractivity contribution in [3.8, 4) is 5.75 Å². The fourth-order valence-electron chi connectivity index (χ4n) is 2.51. The van der Waals surface area contributed by atoms with E-state index in [-0.39, 0.29) is 11.4 Å². The number of hydrogen-bond donors (Lipinski definition) is 3. The van der Waals surface area contributed by atoms with Crippen LogP contribution in [0.5, 0.6) is 5.75 Å². The number of nitrogens with one attached hydrogen (secondary N) is 2. The molecule has 0 bridgehead atoms. The molecule has 146 valence electrons. The van der Waals surface area contributed by atoms with Crippen molar-refractivity contribution in [2.24, 2.45) is 0 Å². The first-order chi connectivity index (χ1) is 13.3. The van der Waals surface area contributed by atoms with Crippen LogP contribution in [-0.4, -0.2) is 29.1 Å². The third kappa shape index (κ3) is 5.21. The third-order valence-corrected chi connectivity index (χ3v) is 5.69. The van der Waals surface area contributed by atoms with Crippen molar-refractivity contribution in [1.29, 1.82) is 0 Å². The minimum absolute atomic E-state index is 0.170. The molecule has 0 spiro atoms. The Hall–Kier alpha value is -2.16. The van der Waals surface area contributed by atoms with Crippen LogP contribution in [0.2, 0.25) is 5.02 Å². The van der Waals surface area contributed by atoms with Crippen LogP contribution in [0.25, 0.3) is 6.08 Å². The molecule has 1 aliphatic rings. The van der Waals surface area contributed by atoms with Gasteiger partial charge in [-0.15, -0.1) is 0 Å². The summed E-state index contributed by atoms with van der Waals surface area (Å²) in [5, 5.41) is 15.5. The summed E-state index contributed by atoms with van der Waals surface area (Å²) in [6.45, 7) is 1.52. The number of aryl methyl sites for hydroxylation is 1. The van der Waals surface area contributed by atoms with Gasteiger partial charge >= 0.3 is 5.97 Å². The van der Waals surface area contributed by atoms with E-state index in [0.29, 0.717) is 20.2 Å². The number of ether oxygens (including phenoxy) is 1. The van der Waals surface area contributed by atoms with Crippen LogP contribution in [0, 0.1) is 6.92 Å². The normalized spacial score (nSPS) is 17.5. The molecule has 3 N–H and O–H groups in total. The fourth-order valence-corrected chi connectivity index (χ4v) is 4.22. The number of benzene rings is 2. The summed E-state index contributed by atoms with van der Waals surface area (Å²) >= 11 is 10.7. The maximum Gasteiger partial charge on any atom is 0.341 e. The largest absolute Gasteiger partial charge is 0.481 e. The molecule has 1 amide bonds. The van der Waals surface area contributed by atoms with Crippen molar-refractivity contribution < 1.29 is 19.4 Å². The number of halogens is 2. The van der Waals surface area contributed by atoms with E-state index < -0.39 is 12.6 Å². The van der Waals surface area contributed by atoms with Crippen molar-refractivity contribution in [3.63, 3.8) is 0 Å². The molecule has 0 aromatic heterocycles. The van der Waals surface area contributed by atoms with E-state index in [1.165, 1.54) is 11.8 Å². The number of thioether (sulfide) groups is 1. The van der Waals surface area contributed by atoms with E-state index in [1.54, 1.807) is 30.3 Å². The summed E-state index contributed by atoms with van der Waals surface area (Å²) in [5.41, 5.74) is 2.38. The summed E-state index contributed by atoms with van der Waals surface area (Å²) in [6, 6.07) is 10.7. The summed E-state index contributed by atoms with van der Waals surface area (Å²) < 4.78 is 5.79. The summed E-state index contributed by atoms with van der Waals surface area (Å²) in [5.74, 6) is -0.797. The second-order valence-corrected chi connectivity index (χ2v) is 8.39. The highest BCUT2D eigenvalue weighted by Crippen LogP contribution is 2.33. The van der Waals surface area contributed by atoms with Crippen LogP contribution >= 0.6 is 39.3 Å². The maximum absolute atomic E-state index is 12.3. The average molecular weight is 484 g/mol. The van der Waals surface area contributed by atoms with Gasteiger partial charge in [-0.3, -0.25) is 4.79 Å². The molecule has 1 heterocycles. The Labute approximate surface area is 179 Å². The lowest BCUT2D eigenvalue weighted by atomic mass is 10.2. The van der Waals surface area contributed by atoms with Crippen molar-refractivity contribution in [3.05, 3.63) is 61.9 Å². The molecule has 1 unspecified atom stereocenters. The summed E-state index contributed by atoms with van der Waals surface area (Å²) in [4.78, 5) is 23.5. The van der Waals surface area contributed by atoms with Gasteiger partial charge in [0.15, 0.2) is 12.1 Å². The number of hydrogen-bond acceptors (Lipinski definition) is 5. The SMILES string of the molecule is Cc1cc(Cl)ccc1NC1NC(=O)/C(=C/c2ccc(OCC(=O)O)c(Br)c2)S1. The predicted octanol–water partition coefficient (Wildman–Crippen LogP) is 4.47. The first-order valence-corrected chi connectivity index (χ1v) is 10.2. The highest BCUT2D eigenvalue weighted by molar-refractivity contribution is 9.10. The van der Waals surface area contributed by atoms with E-state index in [2.05, 4.69) is 26.6 Å². The molecule has 1 aliphatic heterocycles. The number of carbonyl (C=O) groups is 2. The van der Waals surface area contributed by atoms with Gasteiger partial charge < -0.3 is 20.5 Å². The molecule has 0 aliphatic carbocycles. The Morgan fingerprint density at radius 3 is 2.86 bits per heavy atom. The molecule has 1 atom stereocenters. The minimum Gasteiger partial charge on any atom is -0.481 e. The highest BCUT2D eigenvalue weighted by atomic mass is 79.9. The molecule has 1 fully saturated rings. The molecule has 3 rings (SSSR count). The smallest absolute Gasteiger partial charge is 0.341 e. The number of carbonyl (C=O) groups excluding carboxylic acids is 1. The summed E-state index contributed by atoms with van der Waals surface area (Å²) in [7, 11) is 0. The molecule has 6 nitrogen and oxygen atoms in total. The van der Waals surface area contributed by atoms with E-state index in [4.69, 9.17) is 21.4 Å². The Morgan fingerprint density at radius 2 is 2.18 bits per heavy atom. The van der Waals surface area contributed by atoms with Crippen molar-refractivity contribution in [2.75, 3.05) is 11.9 Å². The molecule has 2 aromatic carbocycles. The zero-order valence-corrected chi connectivity index (χ0v) is 17.8. The van der Waals surface area contributed by atoms with Gasteiger partial charge in [-0.05, 0) is 70.4 Å². The van der Waals surface area contributed by atoms with Gasteiger partial charge in [0.1, 0.15) is 5.75 Å². The number of rotatable bonds is 6. The molecule has 1 saturated heterocycles. The van der Waals surface area contributed by atoms with Gasteiger partial charge in [0.25, 0.3) is 5.91 Å². The number of aliphatic carboxylic acids is 1. The number of anilines is 1. The van der Waals surface area contributed by atoms with Crippen LogP contribution in [-0.2, 0) is 9.59 Å². The zero-order valence-electron chi connectivity index (χ0n) is 14.7. The minimum atomic E-state index is -1.05. The van der Waals surface area contributed by atoms with Crippen LogP contribution in [0.1, 0.15) is 11.1 Å². The number of amides is 1. The van der Waals surface area contributed by atoms with Gasteiger partial charge in [0, 0.05) is 10.7 Å². The van der Waals surface area contributed by atoms with E-state index in [0.717, 1.165) is 16.8 Å². The first-order valence-electron chi connectivity index (χ1n) is 8.18. The molecule has 2 aromatic rings. The van der Waals surface area contributed by atoms with E-state index in [1.807, 2.05) is 19.1 Å². The van der Waals surface area contributed by atoms with Crippen molar-refractivity contribution in [2.45, 2.75) is 12.4 Å². The van der Waals surface area contributed by atoms with Crippen LogP contribution in [0.3, 0.4) is 0 Å². The fraction of sp³-hybridized carbons (Fsp3) is 0.158. The van der Waals surface area contributed by atoms with E-state index in [9.17, 15) is 9.59 Å². The monoisotopic (exact) mass is 482 g/mol. The second kappa shape index (κ2) is 8.89. The number of carboxylic acid groups (broad SMARTS) is 1. The molecular formula is C19H16BrClN2O4S. The van der Waals surface area contributed by atoms with Crippen LogP contribution < -0.4 is 15.4 Å². The Morgan fingerprint density at radius 1 is 1.39 bits per heavy atom. The van der Waals surface area contributed by atoms with Gasteiger partial charge in [-0.2, -0.15) is 0 Å². The Kier molecular flexibility index (Phi) is 6.53. The van der Waals surface area contributed by atoms with Gasteiger partial charge in [-0.25, -0.2) is 4.79 Å². The van der Waals surface area contributed by atoms with Gasteiger partial charge in [0.2, 0.25) is 0 Å². The van der Waals surface area contributed by atoms with Crippen molar-refractivity contribution in [1.82, 2.24) is 5.32 Å². The van der Waals surface area contributed by atoms with E-state index >= 15 is 0 Å².